The highest BCUT2D eigenvalue weighted by Gasteiger charge is 2.37. The largest absolute Gasteiger partial charge is 0.459 e. The van der Waals surface area contributed by atoms with Crippen molar-refractivity contribution in [2.75, 3.05) is 0 Å². The second kappa shape index (κ2) is 7.73. The summed E-state index contributed by atoms with van der Waals surface area (Å²) in [5.74, 6) is -0.413. The van der Waals surface area contributed by atoms with Crippen molar-refractivity contribution in [1.29, 1.82) is 0 Å². The Hall–Kier alpha value is -1.97. The molecular formula is C19H24O4S. The van der Waals surface area contributed by atoms with E-state index in [9.17, 15) is 4.79 Å². The molecule has 0 saturated heterocycles. The SMILES string of the molecule is CC(C)(C)OC(=O)C(c1cccc2sccc12)C(C)(C)C.O=C=O. The molecule has 0 aliphatic rings. The minimum absolute atomic E-state index is 0.145. The average molecular weight is 348 g/mol. The average Bonchev–Trinajstić information content (AvgIpc) is 2.85. The van der Waals surface area contributed by atoms with Gasteiger partial charge in [-0.05, 0) is 54.6 Å². The van der Waals surface area contributed by atoms with Crippen LogP contribution in [0.5, 0.6) is 0 Å². The molecule has 1 atom stereocenters. The molecule has 2 rings (SSSR count). The number of hydrogen-bond donors (Lipinski definition) is 0. The number of rotatable bonds is 2. The topological polar surface area (TPSA) is 60.4 Å². The monoisotopic (exact) mass is 348 g/mol. The molecule has 1 aromatic carbocycles. The maximum atomic E-state index is 12.8. The van der Waals surface area contributed by atoms with Gasteiger partial charge < -0.3 is 4.74 Å². The predicted molar refractivity (Wildman–Crippen MR) is 94.9 cm³/mol. The van der Waals surface area contributed by atoms with Gasteiger partial charge in [0.1, 0.15) is 5.60 Å². The normalized spacial score (nSPS) is 12.8. The molecule has 0 bridgehead atoms. The van der Waals surface area contributed by atoms with E-state index in [1.807, 2.05) is 26.8 Å². The molecule has 0 radical (unpaired) electrons. The summed E-state index contributed by atoms with van der Waals surface area (Å²) in [6.45, 7) is 12.0. The van der Waals surface area contributed by atoms with Crippen LogP contribution in [0, 0.1) is 5.41 Å². The Morgan fingerprint density at radius 2 is 1.67 bits per heavy atom. The third-order valence-corrected chi connectivity index (χ3v) is 4.23. The van der Waals surface area contributed by atoms with E-state index < -0.39 is 5.60 Å². The Bertz CT molecular complexity index is 726. The molecule has 5 heteroatoms. The second-order valence-corrected chi connectivity index (χ2v) is 8.54. The van der Waals surface area contributed by atoms with Gasteiger partial charge in [-0.1, -0.05) is 32.9 Å². The zero-order chi connectivity index (χ0) is 18.5. The molecule has 130 valence electrons. The van der Waals surface area contributed by atoms with Crippen molar-refractivity contribution in [3.63, 3.8) is 0 Å². The van der Waals surface area contributed by atoms with Gasteiger partial charge >= 0.3 is 12.1 Å². The fourth-order valence-corrected chi connectivity index (χ4v) is 3.40. The smallest absolute Gasteiger partial charge is 0.373 e. The van der Waals surface area contributed by atoms with Crippen LogP contribution in [0.4, 0.5) is 0 Å². The zero-order valence-electron chi connectivity index (χ0n) is 15.0. The van der Waals surface area contributed by atoms with Gasteiger partial charge in [0.05, 0.1) is 5.92 Å². The Morgan fingerprint density at radius 3 is 2.17 bits per heavy atom. The van der Waals surface area contributed by atoms with E-state index in [0.717, 1.165) is 10.9 Å². The number of benzene rings is 1. The molecule has 0 aliphatic carbocycles. The van der Waals surface area contributed by atoms with Crippen molar-refractivity contribution in [2.24, 2.45) is 5.41 Å². The number of ether oxygens (including phenoxy) is 1. The van der Waals surface area contributed by atoms with E-state index in [-0.39, 0.29) is 23.5 Å². The van der Waals surface area contributed by atoms with Crippen molar-refractivity contribution in [3.05, 3.63) is 35.2 Å². The quantitative estimate of drug-likeness (QED) is 0.732. The number of carbonyl (C=O) groups is 1. The number of esters is 1. The van der Waals surface area contributed by atoms with Gasteiger partial charge in [-0.25, -0.2) is 0 Å². The molecule has 4 nitrogen and oxygen atoms in total. The van der Waals surface area contributed by atoms with Crippen molar-refractivity contribution in [1.82, 2.24) is 0 Å². The van der Waals surface area contributed by atoms with E-state index >= 15 is 0 Å². The van der Waals surface area contributed by atoms with Gasteiger partial charge in [0.2, 0.25) is 0 Å². The molecule has 0 N–H and O–H groups in total. The van der Waals surface area contributed by atoms with E-state index in [4.69, 9.17) is 14.3 Å². The lowest BCUT2D eigenvalue weighted by molar-refractivity contribution is -0.191. The first-order valence-corrected chi connectivity index (χ1v) is 8.57. The van der Waals surface area contributed by atoms with Crippen LogP contribution >= 0.6 is 11.3 Å². The van der Waals surface area contributed by atoms with E-state index in [1.165, 1.54) is 4.70 Å². The van der Waals surface area contributed by atoms with E-state index in [2.05, 4.69) is 44.4 Å². The highest BCUT2D eigenvalue weighted by Crippen LogP contribution is 2.41. The minimum Gasteiger partial charge on any atom is -0.459 e. The minimum atomic E-state index is -0.469. The molecule has 0 saturated carbocycles. The highest BCUT2D eigenvalue weighted by atomic mass is 32.1. The third-order valence-electron chi connectivity index (χ3n) is 3.35. The van der Waals surface area contributed by atoms with Gasteiger partial charge in [-0.2, -0.15) is 9.59 Å². The summed E-state index contributed by atoms with van der Waals surface area (Å²) in [5.41, 5.74) is 0.400. The summed E-state index contributed by atoms with van der Waals surface area (Å²) in [5, 5.41) is 3.23. The summed E-state index contributed by atoms with van der Waals surface area (Å²) in [6.07, 6.45) is 0.250. The Morgan fingerprint density at radius 1 is 1.08 bits per heavy atom. The molecule has 1 heterocycles. The lowest BCUT2D eigenvalue weighted by Crippen LogP contribution is -2.33. The van der Waals surface area contributed by atoms with E-state index in [1.54, 1.807) is 11.3 Å². The molecular weight excluding hydrogens is 324 g/mol. The van der Waals surface area contributed by atoms with Crippen LogP contribution in [0.3, 0.4) is 0 Å². The summed E-state index contributed by atoms with van der Waals surface area (Å²) >= 11 is 1.70. The maximum Gasteiger partial charge on any atom is 0.373 e. The van der Waals surface area contributed by atoms with Gasteiger partial charge in [0.25, 0.3) is 0 Å². The van der Waals surface area contributed by atoms with Crippen LogP contribution in [0.1, 0.15) is 53.0 Å². The number of carbonyl (C=O) groups excluding carboxylic acids is 3. The number of fused-ring (bicyclic) bond motifs is 1. The van der Waals surface area contributed by atoms with Crippen LogP contribution in [-0.4, -0.2) is 17.7 Å². The first kappa shape index (κ1) is 20.1. The molecule has 0 aliphatic heterocycles. The maximum absolute atomic E-state index is 12.8. The molecule has 24 heavy (non-hydrogen) atoms. The molecule has 0 fully saturated rings. The predicted octanol–water partition coefficient (Wildman–Crippen LogP) is 4.79. The lowest BCUT2D eigenvalue weighted by Gasteiger charge is -2.32. The van der Waals surface area contributed by atoms with Crippen LogP contribution < -0.4 is 0 Å². The van der Waals surface area contributed by atoms with Crippen LogP contribution in [0.2, 0.25) is 0 Å². The molecule has 0 spiro atoms. The standard InChI is InChI=1S/C18H24O2S.CO2/c1-17(2,3)15(16(19)20-18(4,5)6)13-8-7-9-14-12(13)10-11-21-14;2-1-3/h7-11,15H,1-6H3;. The first-order valence-electron chi connectivity index (χ1n) is 7.69. The van der Waals surface area contributed by atoms with Crippen LogP contribution in [-0.2, 0) is 19.1 Å². The summed E-state index contributed by atoms with van der Waals surface area (Å²) < 4.78 is 6.88. The molecule has 1 unspecified atom stereocenters. The molecule has 1 aromatic heterocycles. The zero-order valence-corrected chi connectivity index (χ0v) is 15.8. The van der Waals surface area contributed by atoms with Crippen LogP contribution in [0.15, 0.2) is 29.6 Å². The van der Waals surface area contributed by atoms with Crippen molar-refractivity contribution in [3.8, 4) is 0 Å². The summed E-state index contributed by atoms with van der Waals surface area (Å²) in [7, 11) is 0. The number of hydrogen-bond acceptors (Lipinski definition) is 5. The van der Waals surface area contributed by atoms with E-state index in [0.29, 0.717) is 0 Å². The fourth-order valence-electron chi connectivity index (χ4n) is 2.58. The summed E-state index contributed by atoms with van der Waals surface area (Å²) in [6, 6.07) is 8.27. The Balaban J connectivity index is 0.000000891. The Labute approximate surface area is 146 Å². The first-order chi connectivity index (χ1) is 11.0. The lowest BCUT2D eigenvalue weighted by atomic mass is 9.75. The fraction of sp³-hybridized carbons (Fsp3) is 0.474. The molecule has 0 amide bonds. The summed E-state index contributed by atoms with van der Waals surface area (Å²) in [4.78, 5) is 29.0. The number of thiophene rings is 1. The molecule has 2 aromatic rings. The van der Waals surface area contributed by atoms with Crippen molar-refractivity contribution >= 4 is 33.5 Å². The second-order valence-electron chi connectivity index (χ2n) is 7.60. The van der Waals surface area contributed by atoms with Crippen molar-refractivity contribution < 1.29 is 19.1 Å². The third kappa shape index (κ3) is 5.29. The van der Waals surface area contributed by atoms with Gasteiger partial charge in [0, 0.05) is 4.70 Å². The van der Waals surface area contributed by atoms with Gasteiger partial charge in [-0.15, -0.1) is 11.3 Å². The Kier molecular flexibility index (Phi) is 6.47. The van der Waals surface area contributed by atoms with Crippen molar-refractivity contribution in [2.45, 2.75) is 53.1 Å². The van der Waals surface area contributed by atoms with Gasteiger partial charge in [-0.3, -0.25) is 4.79 Å². The highest BCUT2D eigenvalue weighted by molar-refractivity contribution is 7.17. The van der Waals surface area contributed by atoms with Crippen LogP contribution in [0.25, 0.3) is 10.1 Å². The van der Waals surface area contributed by atoms with Gasteiger partial charge in [0.15, 0.2) is 0 Å².